The molecule has 4 nitrogen and oxygen atoms in total. The second-order valence-corrected chi connectivity index (χ2v) is 8.08. The minimum absolute atomic E-state index is 0.0109. The number of benzene rings is 3. The van der Waals surface area contributed by atoms with Gasteiger partial charge in [0.1, 0.15) is 0 Å². The van der Waals surface area contributed by atoms with Crippen LogP contribution in [0.2, 0.25) is 0 Å². The minimum Gasteiger partial charge on any atom is -0.494 e. The SMILES string of the molecule is CC(=O)CN=C(C)c1c(O)n(-c2cc(C)cc(C)c2)c2cc(-c3ccccc3)ccc12. The van der Waals surface area contributed by atoms with Crippen LogP contribution in [0, 0.1) is 13.8 Å². The Morgan fingerprint density at radius 2 is 1.58 bits per heavy atom. The molecule has 0 aliphatic heterocycles. The molecule has 0 aliphatic carbocycles. The lowest BCUT2D eigenvalue weighted by molar-refractivity contribution is -0.115. The van der Waals surface area contributed by atoms with Crippen molar-refractivity contribution in [2.24, 2.45) is 4.99 Å². The molecule has 0 aliphatic rings. The summed E-state index contributed by atoms with van der Waals surface area (Å²) in [6.07, 6.45) is 0. The van der Waals surface area contributed by atoms with Crippen LogP contribution in [-0.4, -0.2) is 27.7 Å². The number of hydrogen-bond acceptors (Lipinski definition) is 3. The third-order valence-corrected chi connectivity index (χ3v) is 5.42. The average Bonchev–Trinajstić information content (AvgIpc) is 3.03. The van der Waals surface area contributed by atoms with Gasteiger partial charge >= 0.3 is 0 Å². The van der Waals surface area contributed by atoms with Gasteiger partial charge in [0.2, 0.25) is 5.88 Å². The fourth-order valence-electron chi connectivity index (χ4n) is 4.09. The van der Waals surface area contributed by atoms with Crippen LogP contribution in [0.3, 0.4) is 0 Å². The topological polar surface area (TPSA) is 54.6 Å². The maximum Gasteiger partial charge on any atom is 0.206 e. The largest absolute Gasteiger partial charge is 0.494 e. The van der Waals surface area contributed by atoms with E-state index >= 15 is 0 Å². The molecule has 156 valence electrons. The monoisotopic (exact) mass is 410 g/mol. The van der Waals surface area contributed by atoms with Gasteiger partial charge in [-0.15, -0.1) is 0 Å². The van der Waals surface area contributed by atoms with Crippen molar-refractivity contribution in [2.45, 2.75) is 27.7 Å². The number of aromatic hydroxyl groups is 1. The van der Waals surface area contributed by atoms with E-state index in [1.165, 1.54) is 6.92 Å². The van der Waals surface area contributed by atoms with Crippen LogP contribution in [0.5, 0.6) is 5.88 Å². The molecule has 0 spiro atoms. The Bertz CT molecular complexity index is 1290. The fourth-order valence-corrected chi connectivity index (χ4v) is 4.09. The maximum absolute atomic E-state index is 11.5. The van der Waals surface area contributed by atoms with Gasteiger partial charge in [-0.25, -0.2) is 0 Å². The summed E-state index contributed by atoms with van der Waals surface area (Å²) in [4.78, 5) is 15.9. The summed E-state index contributed by atoms with van der Waals surface area (Å²) in [6.45, 7) is 7.56. The van der Waals surface area contributed by atoms with Gasteiger partial charge in [-0.05, 0) is 68.1 Å². The highest BCUT2D eigenvalue weighted by molar-refractivity contribution is 6.13. The molecule has 1 heterocycles. The Morgan fingerprint density at radius 3 is 2.23 bits per heavy atom. The summed E-state index contributed by atoms with van der Waals surface area (Å²) in [7, 11) is 0. The highest BCUT2D eigenvalue weighted by Gasteiger charge is 2.21. The normalized spacial score (nSPS) is 11.8. The highest BCUT2D eigenvalue weighted by Crippen LogP contribution is 2.37. The van der Waals surface area contributed by atoms with E-state index in [0.717, 1.165) is 38.8 Å². The van der Waals surface area contributed by atoms with Gasteiger partial charge in [0.25, 0.3) is 0 Å². The third kappa shape index (κ3) is 4.02. The molecular formula is C27H26N2O2. The highest BCUT2D eigenvalue weighted by atomic mass is 16.3. The van der Waals surface area contributed by atoms with Crippen molar-refractivity contribution in [1.29, 1.82) is 0 Å². The Kier molecular flexibility index (Phi) is 5.47. The lowest BCUT2D eigenvalue weighted by Gasteiger charge is -2.11. The molecule has 4 heteroatoms. The molecule has 0 fully saturated rings. The lowest BCUT2D eigenvalue weighted by atomic mass is 10.0. The second-order valence-electron chi connectivity index (χ2n) is 8.08. The standard InChI is InChI=1S/C27H26N2O2/c1-17-12-18(2)14-23(13-17)29-25-15-22(21-8-6-5-7-9-21)10-11-24(25)26(27(29)31)20(4)28-16-19(3)30/h5-15,31H,16H2,1-4H3. The van der Waals surface area contributed by atoms with Crippen molar-refractivity contribution in [3.63, 3.8) is 0 Å². The van der Waals surface area contributed by atoms with E-state index in [-0.39, 0.29) is 18.2 Å². The molecule has 31 heavy (non-hydrogen) atoms. The van der Waals surface area contributed by atoms with Gasteiger partial charge in [0, 0.05) is 16.8 Å². The summed E-state index contributed by atoms with van der Waals surface area (Å²) >= 11 is 0. The first kappa shape index (κ1) is 20.6. The van der Waals surface area contributed by atoms with Gasteiger partial charge in [0.15, 0.2) is 5.78 Å². The molecule has 3 aromatic carbocycles. The Hall–Kier alpha value is -3.66. The number of nitrogens with zero attached hydrogens (tertiary/aromatic N) is 2. The third-order valence-electron chi connectivity index (χ3n) is 5.42. The summed E-state index contributed by atoms with van der Waals surface area (Å²) in [5, 5.41) is 12.2. The van der Waals surface area contributed by atoms with E-state index in [1.807, 2.05) is 35.8 Å². The number of carbonyl (C=O) groups excluding carboxylic acids is 1. The van der Waals surface area contributed by atoms with Gasteiger partial charge in [-0.2, -0.15) is 0 Å². The number of aryl methyl sites for hydroxylation is 2. The van der Waals surface area contributed by atoms with Crippen LogP contribution < -0.4 is 0 Å². The quantitative estimate of drug-likeness (QED) is 0.409. The number of fused-ring (bicyclic) bond motifs is 1. The zero-order valence-electron chi connectivity index (χ0n) is 18.3. The number of rotatable bonds is 5. The zero-order valence-corrected chi connectivity index (χ0v) is 18.3. The second kappa shape index (κ2) is 8.23. The molecule has 0 atom stereocenters. The molecule has 1 aromatic heterocycles. The summed E-state index contributed by atoms with van der Waals surface area (Å²) in [6, 6.07) is 22.6. The molecule has 0 saturated heterocycles. The average molecular weight is 411 g/mol. The maximum atomic E-state index is 11.5. The van der Waals surface area contributed by atoms with Crippen LogP contribution in [0.25, 0.3) is 27.7 Å². The van der Waals surface area contributed by atoms with E-state index in [2.05, 4.69) is 61.3 Å². The number of Topliss-reactive ketones (excluding diaryl/α,β-unsaturated/α-hetero) is 1. The van der Waals surface area contributed by atoms with Crippen molar-refractivity contribution in [1.82, 2.24) is 4.57 Å². The number of carbonyl (C=O) groups is 1. The molecule has 4 rings (SSSR count). The summed E-state index contributed by atoms with van der Waals surface area (Å²) in [5.41, 5.74) is 7.54. The fraction of sp³-hybridized carbons (Fsp3) is 0.185. The molecular weight excluding hydrogens is 384 g/mol. The van der Waals surface area contributed by atoms with E-state index in [4.69, 9.17) is 0 Å². The van der Waals surface area contributed by atoms with Gasteiger partial charge in [-0.1, -0.05) is 48.5 Å². The van der Waals surface area contributed by atoms with Crippen molar-refractivity contribution < 1.29 is 9.90 Å². The van der Waals surface area contributed by atoms with Gasteiger partial charge in [-0.3, -0.25) is 14.4 Å². The molecule has 0 bridgehead atoms. The van der Waals surface area contributed by atoms with Crippen LogP contribution in [0.1, 0.15) is 30.5 Å². The van der Waals surface area contributed by atoms with E-state index in [1.54, 1.807) is 0 Å². The molecule has 0 saturated carbocycles. The van der Waals surface area contributed by atoms with Crippen molar-refractivity contribution in [2.75, 3.05) is 6.54 Å². The first-order valence-electron chi connectivity index (χ1n) is 10.4. The van der Waals surface area contributed by atoms with Crippen molar-refractivity contribution >= 4 is 22.4 Å². The van der Waals surface area contributed by atoms with Crippen LogP contribution >= 0.6 is 0 Å². The van der Waals surface area contributed by atoms with Crippen LogP contribution in [0.15, 0.2) is 71.7 Å². The van der Waals surface area contributed by atoms with Gasteiger partial charge in [0.05, 0.1) is 17.6 Å². The first-order valence-corrected chi connectivity index (χ1v) is 10.4. The predicted molar refractivity (Wildman–Crippen MR) is 128 cm³/mol. The summed E-state index contributed by atoms with van der Waals surface area (Å²) < 4.78 is 1.88. The molecule has 1 N–H and O–H groups in total. The number of hydrogen-bond donors (Lipinski definition) is 1. The Balaban J connectivity index is 2.02. The zero-order chi connectivity index (χ0) is 22.1. The number of ketones is 1. The van der Waals surface area contributed by atoms with E-state index in [0.29, 0.717) is 11.3 Å². The summed E-state index contributed by atoms with van der Waals surface area (Å²) in [5.74, 6) is 0.123. The first-order chi connectivity index (χ1) is 14.8. The molecule has 0 amide bonds. The molecule has 4 aromatic rings. The lowest BCUT2D eigenvalue weighted by Crippen LogP contribution is -2.02. The van der Waals surface area contributed by atoms with E-state index < -0.39 is 0 Å². The van der Waals surface area contributed by atoms with Crippen LogP contribution in [0.4, 0.5) is 0 Å². The number of aromatic nitrogens is 1. The predicted octanol–water partition coefficient (Wildman–Crippen LogP) is 6.02. The van der Waals surface area contributed by atoms with E-state index in [9.17, 15) is 9.90 Å². The Morgan fingerprint density at radius 1 is 0.903 bits per heavy atom. The van der Waals surface area contributed by atoms with Crippen molar-refractivity contribution in [3.8, 4) is 22.7 Å². The van der Waals surface area contributed by atoms with Crippen LogP contribution in [-0.2, 0) is 4.79 Å². The number of aliphatic imine (C=N–C) groups is 1. The minimum atomic E-state index is -0.0109. The molecule has 0 unspecified atom stereocenters. The Labute approximate surface area is 182 Å². The smallest absolute Gasteiger partial charge is 0.206 e. The molecule has 0 radical (unpaired) electrons. The van der Waals surface area contributed by atoms with Gasteiger partial charge < -0.3 is 5.11 Å². The van der Waals surface area contributed by atoms with Crippen molar-refractivity contribution in [3.05, 3.63) is 83.4 Å².